The molecular formula is C4H8Pb. The van der Waals surface area contributed by atoms with Crippen LogP contribution >= 0.6 is 0 Å². The summed E-state index contributed by atoms with van der Waals surface area (Å²) in [6.07, 6.45) is 4.00. The molecular weight excluding hydrogens is 255 g/mol. The van der Waals surface area contributed by atoms with Crippen LogP contribution in [-0.2, 0) is 0 Å². The van der Waals surface area contributed by atoms with Crippen molar-refractivity contribution in [2.45, 2.75) is 13.8 Å². The second-order valence-corrected chi connectivity index (χ2v) is 0.667. The van der Waals surface area contributed by atoms with E-state index < -0.39 is 0 Å². The Morgan fingerprint density at radius 1 is 1.00 bits per heavy atom. The normalized spacial score (nSPS) is 7.60. The quantitative estimate of drug-likeness (QED) is 0.455. The molecule has 0 N–H and O–H groups in total. The second-order valence-electron chi connectivity index (χ2n) is 0.667. The first-order valence-corrected chi connectivity index (χ1v) is 1.49. The van der Waals surface area contributed by atoms with Crippen molar-refractivity contribution in [1.82, 2.24) is 0 Å². The summed E-state index contributed by atoms with van der Waals surface area (Å²) in [6.45, 7) is 4.00. The third-order valence-corrected chi connectivity index (χ3v) is 0.333. The van der Waals surface area contributed by atoms with E-state index in [1.165, 1.54) is 0 Å². The Labute approximate surface area is 53.4 Å². The molecule has 0 aliphatic carbocycles. The largest absolute Gasteiger partial charge is 0.0919 e. The Balaban J connectivity index is 0. The number of hydrogen-bond acceptors (Lipinski definition) is 0. The maximum Gasteiger partial charge on any atom is 0 e. The number of rotatable bonds is 0. The first-order valence-electron chi connectivity index (χ1n) is 1.49. The van der Waals surface area contributed by atoms with Gasteiger partial charge >= 0.3 is 0 Å². The summed E-state index contributed by atoms with van der Waals surface area (Å²) < 4.78 is 0. The van der Waals surface area contributed by atoms with E-state index in [1.54, 1.807) is 0 Å². The van der Waals surface area contributed by atoms with Gasteiger partial charge in [-0.3, -0.25) is 0 Å². The summed E-state index contributed by atoms with van der Waals surface area (Å²) in [4.78, 5) is 0. The summed E-state index contributed by atoms with van der Waals surface area (Å²) in [5.41, 5.74) is 0. The minimum absolute atomic E-state index is 0. The molecule has 5 heavy (non-hydrogen) atoms. The zero-order valence-corrected chi connectivity index (χ0v) is 7.54. The van der Waals surface area contributed by atoms with E-state index >= 15 is 0 Å². The molecule has 1 heteroatoms. The van der Waals surface area contributed by atoms with Gasteiger partial charge in [0.05, 0.1) is 0 Å². The minimum Gasteiger partial charge on any atom is -0.0919 e. The van der Waals surface area contributed by atoms with E-state index in [0.717, 1.165) is 0 Å². The number of allylic oxidation sites excluding steroid dienone is 2. The smallest absolute Gasteiger partial charge is 0 e. The Kier molecular flexibility index (Phi) is 16.2. The van der Waals surface area contributed by atoms with Crippen LogP contribution in [0.15, 0.2) is 12.2 Å². The summed E-state index contributed by atoms with van der Waals surface area (Å²) in [5, 5.41) is 0. The molecule has 0 amide bonds. The molecule has 0 atom stereocenters. The standard InChI is InChI=1S/C4H8.Pb/c1-3-4-2;/h3-4H,1-2H3;. The van der Waals surface area contributed by atoms with E-state index in [4.69, 9.17) is 0 Å². The molecule has 0 unspecified atom stereocenters. The molecule has 0 rings (SSSR count). The zero-order valence-electron chi connectivity index (χ0n) is 3.65. The van der Waals surface area contributed by atoms with E-state index in [2.05, 4.69) is 0 Å². The Morgan fingerprint density at radius 2 is 1.20 bits per heavy atom. The van der Waals surface area contributed by atoms with Gasteiger partial charge in [0.2, 0.25) is 0 Å². The van der Waals surface area contributed by atoms with Gasteiger partial charge in [-0.2, -0.15) is 0 Å². The predicted octanol–water partition coefficient (Wildman–Crippen LogP) is 1.20. The van der Waals surface area contributed by atoms with Crippen molar-refractivity contribution in [2.75, 3.05) is 0 Å². The summed E-state index contributed by atoms with van der Waals surface area (Å²) in [6, 6.07) is 0. The van der Waals surface area contributed by atoms with Gasteiger partial charge in [-0.25, -0.2) is 0 Å². The van der Waals surface area contributed by atoms with Crippen LogP contribution in [0, 0.1) is 0 Å². The summed E-state index contributed by atoms with van der Waals surface area (Å²) in [7, 11) is 0. The van der Waals surface area contributed by atoms with Crippen LogP contribution < -0.4 is 0 Å². The van der Waals surface area contributed by atoms with E-state index in [0.29, 0.717) is 0 Å². The molecule has 0 aliphatic rings. The van der Waals surface area contributed by atoms with Crippen LogP contribution in [0.4, 0.5) is 0 Å². The van der Waals surface area contributed by atoms with Gasteiger partial charge in [-0.15, -0.1) is 0 Å². The van der Waals surface area contributed by atoms with Crippen molar-refractivity contribution in [3.63, 3.8) is 0 Å². The fourth-order valence-corrected chi connectivity index (χ4v) is 0. The van der Waals surface area contributed by atoms with E-state index in [1.807, 2.05) is 26.0 Å². The van der Waals surface area contributed by atoms with E-state index in [-0.39, 0.29) is 27.3 Å². The van der Waals surface area contributed by atoms with Crippen LogP contribution in [0.3, 0.4) is 0 Å². The van der Waals surface area contributed by atoms with Crippen LogP contribution in [-0.4, -0.2) is 27.3 Å². The minimum atomic E-state index is 0. The average molecular weight is 263 g/mol. The van der Waals surface area contributed by atoms with Crippen molar-refractivity contribution in [3.05, 3.63) is 12.2 Å². The molecule has 0 aliphatic heterocycles. The third kappa shape index (κ3) is 12.0. The Hall–Kier alpha value is 0.662. The van der Waals surface area contributed by atoms with Crippen molar-refractivity contribution in [3.8, 4) is 0 Å². The van der Waals surface area contributed by atoms with Gasteiger partial charge in [0.15, 0.2) is 0 Å². The molecule has 0 saturated heterocycles. The Morgan fingerprint density at radius 3 is 1.20 bits per heavy atom. The fraction of sp³-hybridized carbons (Fsp3) is 0.500. The van der Waals surface area contributed by atoms with Gasteiger partial charge in [0, 0.05) is 27.3 Å². The van der Waals surface area contributed by atoms with E-state index in [9.17, 15) is 0 Å². The zero-order chi connectivity index (χ0) is 3.41. The fourth-order valence-electron chi connectivity index (χ4n) is 0. The molecule has 0 heterocycles. The predicted molar refractivity (Wildman–Crippen MR) is 26.2 cm³/mol. The summed E-state index contributed by atoms with van der Waals surface area (Å²) in [5.74, 6) is 0. The molecule has 28 valence electrons. The molecule has 0 fully saturated rings. The first kappa shape index (κ1) is 9.18. The SMILES string of the molecule is CC=CC.[Pb]. The van der Waals surface area contributed by atoms with Crippen molar-refractivity contribution in [1.29, 1.82) is 0 Å². The maximum atomic E-state index is 2.00. The van der Waals surface area contributed by atoms with Gasteiger partial charge in [-0.1, -0.05) is 12.2 Å². The summed E-state index contributed by atoms with van der Waals surface area (Å²) >= 11 is 0. The molecule has 0 aromatic rings. The Bertz CT molecular complexity index is 18.8. The topological polar surface area (TPSA) is 0 Å². The van der Waals surface area contributed by atoms with Crippen LogP contribution in [0.25, 0.3) is 0 Å². The van der Waals surface area contributed by atoms with Crippen molar-refractivity contribution >= 4 is 27.3 Å². The van der Waals surface area contributed by atoms with Gasteiger partial charge in [0.1, 0.15) is 0 Å². The van der Waals surface area contributed by atoms with Gasteiger partial charge < -0.3 is 0 Å². The maximum absolute atomic E-state index is 2.00. The second kappa shape index (κ2) is 8.82. The van der Waals surface area contributed by atoms with Gasteiger partial charge in [-0.05, 0) is 13.8 Å². The average Bonchev–Trinajstić information content (AvgIpc) is 1.37. The van der Waals surface area contributed by atoms with Crippen LogP contribution in [0.2, 0.25) is 0 Å². The number of hydrogen-bond donors (Lipinski definition) is 0. The molecule has 0 saturated carbocycles. The molecule has 0 aromatic carbocycles. The molecule has 0 aromatic heterocycles. The first-order chi connectivity index (χ1) is 1.91. The van der Waals surface area contributed by atoms with Crippen molar-refractivity contribution < 1.29 is 0 Å². The van der Waals surface area contributed by atoms with Crippen molar-refractivity contribution in [2.24, 2.45) is 0 Å². The van der Waals surface area contributed by atoms with Crippen LogP contribution in [0.5, 0.6) is 0 Å². The molecule has 0 nitrogen and oxygen atoms in total. The molecule has 0 spiro atoms. The third-order valence-electron chi connectivity index (χ3n) is 0.333. The van der Waals surface area contributed by atoms with Gasteiger partial charge in [0.25, 0.3) is 0 Å². The monoisotopic (exact) mass is 264 g/mol. The molecule has 4 radical (unpaired) electrons. The van der Waals surface area contributed by atoms with Crippen LogP contribution in [0.1, 0.15) is 13.8 Å². The molecule has 0 bridgehead atoms.